The molecule has 0 unspecified atom stereocenters. The molecule has 1 N–H and O–H groups in total. The summed E-state index contributed by atoms with van der Waals surface area (Å²) in [5, 5.41) is 17.8. The van der Waals surface area contributed by atoms with E-state index >= 15 is 0 Å². The van der Waals surface area contributed by atoms with E-state index in [4.69, 9.17) is 10.4 Å². The molecule has 0 saturated heterocycles. The second-order valence-electron chi connectivity index (χ2n) is 4.35. The molecule has 0 saturated carbocycles. The van der Waals surface area contributed by atoms with Gasteiger partial charge in [-0.05, 0) is 30.3 Å². The summed E-state index contributed by atoms with van der Waals surface area (Å²) in [6, 6.07) is 10.6. The minimum Gasteiger partial charge on any atom is -0.477 e. The monoisotopic (exact) mass is 304 g/mol. The van der Waals surface area contributed by atoms with E-state index in [1.807, 2.05) is 6.07 Å². The van der Waals surface area contributed by atoms with Gasteiger partial charge in [-0.15, -0.1) is 0 Å². The van der Waals surface area contributed by atoms with Crippen LogP contribution in [0, 0.1) is 11.3 Å². The van der Waals surface area contributed by atoms with Crippen molar-refractivity contribution in [2.75, 3.05) is 5.75 Å². The van der Waals surface area contributed by atoms with Crippen LogP contribution in [0.1, 0.15) is 16.1 Å². The molecule has 7 heteroatoms. The molecule has 1 heterocycles. The molecule has 2 rings (SSSR count). The molecule has 0 amide bonds. The highest BCUT2D eigenvalue weighted by Gasteiger charge is 2.16. The lowest BCUT2D eigenvalue weighted by Crippen LogP contribution is -2.16. The van der Waals surface area contributed by atoms with E-state index < -0.39 is 15.8 Å². The quantitative estimate of drug-likeness (QED) is 0.903. The number of sulfone groups is 1. The maximum Gasteiger partial charge on any atom is 0.352 e. The highest BCUT2D eigenvalue weighted by atomic mass is 32.2. The Hall–Kier alpha value is -2.59. The molecular weight excluding hydrogens is 292 g/mol. The van der Waals surface area contributed by atoms with Gasteiger partial charge >= 0.3 is 5.97 Å². The van der Waals surface area contributed by atoms with Gasteiger partial charge in [0.25, 0.3) is 0 Å². The van der Waals surface area contributed by atoms with Crippen molar-refractivity contribution in [3.8, 4) is 6.07 Å². The number of aryl methyl sites for hydroxylation is 1. The van der Waals surface area contributed by atoms with Crippen LogP contribution in [0.2, 0.25) is 0 Å². The fraction of sp³-hybridized carbons (Fsp3) is 0.143. The summed E-state index contributed by atoms with van der Waals surface area (Å²) >= 11 is 0. The zero-order chi connectivity index (χ0) is 15.5. The molecule has 1 aromatic carbocycles. The van der Waals surface area contributed by atoms with Gasteiger partial charge in [-0.1, -0.05) is 6.07 Å². The van der Waals surface area contributed by atoms with Gasteiger partial charge < -0.3 is 9.67 Å². The molecule has 0 radical (unpaired) electrons. The first-order valence-corrected chi connectivity index (χ1v) is 7.70. The van der Waals surface area contributed by atoms with Crippen LogP contribution >= 0.6 is 0 Å². The third kappa shape index (κ3) is 3.30. The largest absolute Gasteiger partial charge is 0.477 e. The van der Waals surface area contributed by atoms with Gasteiger partial charge in [0.1, 0.15) is 5.69 Å². The minimum absolute atomic E-state index is 0.0355. The molecular formula is C14H12N2O4S. The van der Waals surface area contributed by atoms with Gasteiger partial charge in [-0.3, -0.25) is 0 Å². The fourth-order valence-electron chi connectivity index (χ4n) is 1.90. The van der Waals surface area contributed by atoms with Gasteiger partial charge in [0.15, 0.2) is 9.84 Å². The second-order valence-corrected chi connectivity index (χ2v) is 6.46. The van der Waals surface area contributed by atoms with Crippen LogP contribution in [0.4, 0.5) is 0 Å². The highest BCUT2D eigenvalue weighted by molar-refractivity contribution is 7.91. The van der Waals surface area contributed by atoms with Gasteiger partial charge in [-0.2, -0.15) is 5.26 Å². The number of nitrogens with zero attached hydrogens (tertiary/aromatic N) is 2. The minimum atomic E-state index is -3.58. The van der Waals surface area contributed by atoms with Crippen LogP contribution in [-0.2, 0) is 16.4 Å². The Labute approximate surface area is 121 Å². The van der Waals surface area contributed by atoms with E-state index in [1.165, 1.54) is 41.1 Å². The number of benzene rings is 1. The molecule has 0 fully saturated rings. The van der Waals surface area contributed by atoms with Crippen LogP contribution < -0.4 is 0 Å². The number of carbonyl (C=O) groups is 1. The Morgan fingerprint density at radius 2 is 2.05 bits per heavy atom. The van der Waals surface area contributed by atoms with E-state index in [1.54, 1.807) is 6.07 Å². The van der Waals surface area contributed by atoms with Crippen molar-refractivity contribution >= 4 is 15.8 Å². The molecule has 0 spiro atoms. The second kappa shape index (κ2) is 5.81. The number of rotatable bonds is 5. The number of carboxylic acid groups (broad SMARTS) is 1. The van der Waals surface area contributed by atoms with Gasteiger partial charge in [0.2, 0.25) is 0 Å². The van der Waals surface area contributed by atoms with E-state index in [0.717, 1.165) is 0 Å². The Balaban J connectivity index is 2.20. The molecule has 2 aromatic rings. The van der Waals surface area contributed by atoms with Crippen LogP contribution in [0.15, 0.2) is 47.5 Å². The Morgan fingerprint density at radius 1 is 1.29 bits per heavy atom. The van der Waals surface area contributed by atoms with E-state index in [-0.39, 0.29) is 28.5 Å². The molecule has 0 aliphatic carbocycles. The summed E-state index contributed by atoms with van der Waals surface area (Å²) in [6.07, 6.45) is 1.52. The zero-order valence-corrected chi connectivity index (χ0v) is 11.7. The van der Waals surface area contributed by atoms with Crippen LogP contribution in [0.3, 0.4) is 0 Å². The number of nitriles is 1. The van der Waals surface area contributed by atoms with Gasteiger partial charge in [0, 0.05) is 12.7 Å². The highest BCUT2D eigenvalue weighted by Crippen LogP contribution is 2.14. The molecule has 0 aliphatic rings. The average molecular weight is 304 g/mol. The first kappa shape index (κ1) is 14.8. The number of carboxylic acids is 1. The molecule has 21 heavy (non-hydrogen) atoms. The summed E-state index contributed by atoms with van der Waals surface area (Å²) in [4.78, 5) is 11.0. The van der Waals surface area contributed by atoms with Crippen LogP contribution in [-0.4, -0.2) is 29.8 Å². The molecule has 108 valence electrons. The summed E-state index contributed by atoms with van der Waals surface area (Å²) in [5.74, 6) is -1.35. The van der Waals surface area contributed by atoms with Crippen molar-refractivity contribution in [2.45, 2.75) is 11.4 Å². The average Bonchev–Trinajstić information content (AvgIpc) is 2.94. The Morgan fingerprint density at radius 3 is 2.71 bits per heavy atom. The summed E-state index contributed by atoms with van der Waals surface area (Å²) in [7, 11) is -3.58. The lowest BCUT2D eigenvalue weighted by atomic mass is 10.2. The summed E-state index contributed by atoms with van der Waals surface area (Å²) in [6.45, 7) is 0.0355. The van der Waals surface area contributed by atoms with Crippen molar-refractivity contribution in [3.05, 3.63) is 53.9 Å². The van der Waals surface area contributed by atoms with Crippen molar-refractivity contribution < 1.29 is 18.3 Å². The number of aromatic nitrogens is 1. The fourth-order valence-corrected chi connectivity index (χ4v) is 3.16. The predicted molar refractivity (Wildman–Crippen MR) is 74.6 cm³/mol. The van der Waals surface area contributed by atoms with Crippen LogP contribution in [0.5, 0.6) is 0 Å². The van der Waals surface area contributed by atoms with Crippen LogP contribution in [0.25, 0.3) is 0 Å². The van der Waals surface area contributed by atoms with Crippen molar-refractivity contribution in [1.29, 1.82) is 5.26 Å². The molecule has 0 aliphatic heterocycles. The molecule has 1 aromatic heterocycles. The first-order valence-electron chi connectivity index (χ1n) is 6.05. The Bertz CT molecular complexity index is 815. The first-order chi connectivity index (χ1) is 9.94. The maximum absolute atomic E-state index is 12.2. The smallest absolute Gasteiger partial charge is 0.352 e. The van der Waals surface area contributed by atoms with E-state index in [2.05, 4.69) is 0 Å². The number of hydrogen-bond acceptors (Lipinski definition) is 4. The normalized spacial score (nSPS) is 11.0. The summed E-state index contributed by atoms with van der Waals surface area (Å²) in [5.41, 5.74) is 0.305. The van der Waals surface area contributed by atoms with Gasteiger partial charge in [0.05, 0.1) is 22.3 Å². The molecule has 0 bridgehead atoms. The van der Waals surface area contributed by atoms with Crippen molar-refractivity contribution in [1.82, 2.24) is 4.57 Å². The number of aromatic carboxylic acids is 1. The van der Waals surface area contributed by atoms with Crippen molar-refractivity contribution in [3.63, 3.8) is 0 Å². The lowest BCUT2D eigenvalue weighted by Gasteiger charge is -2.08. The van der Waals surface area contributed by atoms with Gasteiger partial charge in [-0.25, -0.2) is 13.2 Å². The van der Waals surface area contributed by atoms with E-state index in [0.29, 0.717) is 0 Å². The van der Waals surface area contributed by atoms with Crippen molar-refractivity contribution in [2.24, 2.45) is 0 Å². The molecule has 6 nitrogen and oxygen atoms in total. The third-order valence-corrected chi connectivity index (χ3v) is 4.66. The SMILES string of the molecule is N#Cc1cccc(S(=O)(=O)CCn2cccc2C(=O)O)c1. The third-order valence-electron chi connectivity index (χ3n) is 2.97. The van der Waals surface area contributed by atoms with E-state index in [9.17, 15) is 13.2 Å². The summed E-state index contributed by atoms with van der Waals surface area (Å²) < 4.78 is 25.8. The molecule has 0 atom stereocenters. The zero-order valence-electron chi connectivity index (χ0n) is 10.9. The number of hydrogen-bond donors (Lipinski definition) is 1. The predicted octanol–water partition coefficient (Wildman–Crippen LogP) is 1.53. The maximum atomic E-state index is 12.2. The standard InChI is InChI=1S/C14H12N2O4S/c15-10-11-3-1-4-12(9-11)21(19,20)8-7-16-6-2-5-13(16)14(17)18/h1-6,9H,7-8H2,(H,17,18). The lowest BCUT2D eigenvalue weighted by molar-refractivity contribution is 0.0685. The topological polar surface area (TPSA) is 100 Å². The Kier molecular flexibility index (Phi) is 4.10.